The predicted octanol–water partition coefficient (Wildman–Crippen LogP) is 5.15. The van der Waals surface area contributed by atoms with Gasteiger partial charge in [-0.1, -0.05) is 24.3 Å². The van der Waals surface area contributed by atoms with Gasteiger partial charge in [0, 0.05) is 17.5 Å². The average Bonchev–Trinajstić information content (AvgIpc) is 3.28. The van der Waals surface area contributed by atoms with Crippen molar-refractivity contribution >= 4 is 34.3 Å². The molecular formula is C25H23F2N7O2. The first-order chi connectivity index (χ1) is 17.3. The van der Waals surface area contributed by atoms with Gasteiger partial charge < -0.3 is 21.1 Å². The van der Waals surface area contributed by atoms with Crippen LogP contribution < -0.4 is 16.0 Å². The SMILES string of the molecule is CCn1ncc2c(Nc3nc(N[C@@H](c4ccccc4F)[C@H](C)NC(=O)O)c(F)cc3C#N)cccc21. The summed E-state index contributed by atoms with van der Waals surface area (Å²) in [5.41, 5.74) is 1.56. The highest BCUT2D eigenvalue weighted by Gasteiger charge is 2.26. The molecule has 0 saturated carbocycles. The van der Waals surface area contributed by atoms with Gasteiger partial charge in [-0.15, -0.1) is 0 Å². The molecule has 0 fully saturated rings. The van der Waals surface area contributed by atoms with Gasteiger partial charge in [0.25, 0.3) is 0 Å². The van der Waals surface area contributed by atoms with Crippen molar-refractivity contribution in [1.82, 2.24) is 20.1 Å². The number of nitrogens with zero attached hydrogens (tertiary/aromatic N) is 4. The number of hydrogen-bond acceptors (Lipinski definition) is 6. The van der Waals surface area contributed by atoms with Gasteiger partial charge >= 0.3 is 6.09 Å². The summed E-state index contributed by atoms with van der Waals surface area (Å²) in [6, 6.07) is 12.4. The lowest BCUT2D eigenvalue weighted by Crippen LogP contribution is -2.39. The van der Waals surface area contributed by atoms with E-state index < -0.39 is 29.8 Å². The van der Waals surface area contributed by atoms with E-state index in [-0.39, 0.29) is 22.8 Å². The minimum Gasteiger partial charge on any atom is -0.465 e. The molecule has 36 heavy (non-hydrogen) atoms. The first kappa shape index (κ1) is 24.4. The van der Waals surface area contributed by atoms with Gasteiger partial charge in [-0.05, 0) is 38.1 Å². The largest absolute Gasteiger partial charge is 0.465 e. The quantitative estimate of drug-likeness (QED) is 0.268. The van der Waals surface area contributed by atoms with Crippen LogP contribution in [0.1, 0.15) is 31.0 Å². The van der Waals surface area contributed by atoms with Crippen LogP contribution in [0.2, 0.25) is 0 Å². The summed E-state index contributed by atoms with van der Waals surface area (Å²) >= 11 is 0. The van der Waals surface area contributed by atoms with Crippen molar-refractivity contribution in [3.63, 3.8) is 0 Å². The van der Waals surface area contributed by atoms with Crippen molar-refractivity contribution in [2.75, 3.05) is 10.6 Å². The summed E-state index contributed by atoms with van der Waals surface area (Å²) in [5.74, 6) is -1.65. The number of amides is 1. The third kappa shape index (κ3) is 4.88. The van der Waals surface area contributed by atoms with Crippen LogP contribution in [0.15, 0.2) is 54.7 Å². The summed E-state index contributed by atoms with van der Waals surface area (Å²) in [6.07, 6.45) is 0.366. The fourth-order valence-electron chi connectivity index (χ4n) is 3.99. The number of halogens is 2. The number of pyridine rings is 1. The zero-order chi connectivity index (χ0) is 25.8. The Hall–Kier alpha value is -4.72. The standard InChI is InChI=1S/C25H23F2N7O2/c1-3-34-21-10-6-9-20(17(21)13-29-34)31-23-15(12-28)11-19(27)24(33-23)32-22(14(2)30-25(35)36)16-7-4-5-8-18(16)26/h4-11,13-14,22,30H,3H2,1-2H3,(H,35,36)(H2,31,32,33)/t14-,22+/m0/s1. The monoisotopic (exact) mass is 491 g/mol. The van der Waals surface area contributed by atoms with Gasteiger partial charge in [-0.2, -0.15) is 10.4 Å². The van der Waals surface area contributed by atoms with Gasteiger partial charge in [-0.25, -0.2) is 18.6 Å². The average molecular weight is 492 g/mol. The maximum atomic E-state index is 15.0. The zero-order valence-corrected chi connectivity index (χ0v) is 19.5. The molecule has 2 atom stereocenters. The molecule has 1 amide bonds. The maximum Gasteiger partial charge on any atom is 0.404 e. The predicted molar refractivity (Wildman–Crippen MR) is 131 cm³/mol. The highest BCUT2D eigenvalue weighted by atomic mass is 19.1. The third-order valence-corrected chi connectivity index (χ3v) is 5.72. The molecule has 184 valence electrons. The van der Waals surface area contributed by atoms with Crippen molar-refractivity contribution in [3.05, 3.63) is 77.5 Å². The summed E-state index contributed by atoms with van der Waals surface area (Å²) < 4.78 is 31.4. The molecule has 9 nitrogen and oxygen atoms in total. The van der Waals surface area contributed by atoms with Crippen molar-refractivity contribution in [2.24, 2.45) is 0 Å². The number of fused-ring (bicyclic) bond motifs is 1. The fourth-order valence-corrected chi connectivity index (χ4v) is 3.99. The van der Waals surface area contributed by atoms with Crippen LogP contribution in [0.5, 0.6) is 0 Å². The third-order valence-electron chi connectivity index (χ3n) is 5.72. The molecule has 4 N–H and O–H groups in total. The van der Waals surface area contributed by atoms with Gasteiger partial charge in [0.1, 0.15) is 11.9 Å². The highest BCUT2D eigenvalue weighted by molar-refractivity contribution is 5.93. The van der Waals surface area contributed by atoms with Crippen LogP contribution in [0.4, 0.5) is 30.9 Å². The van der Waals surface area contributed by atoms with Gasteiger partial charge in [0.05, 0.1) is 35.0 Å². The molecule has 11 heteroatoms. The van der Waals surface area contributed by atoms with Gasteiger partial charge in [0.15, 0.2) is 17.5 Å². The molecule has 0 unspecified atom stereocenters. The number of nitriles is 1. The van der Waals surface area contributed by atoms with E-state index in [9.17, 15) is 19.6 Å². The van der Waals surface area contributed by atoms with E-state index in [1.807, 2.05) is 29.8 Å². The molecule has 0 radical (unpaired) electrons. The highest BCUT2D eigenvalue weighted by Crippen LogP contribution is 2.31. The number of aryl methyl sites for hydroxylation is 1. The minimum absolute atomic E-state index is 0.0444. The summed E-state index contributed by atoms with van der Waals surface area (Å²) in [5, 5.41) is 32.1. The van der Waals surface area contributed by atoms with E-state index in [2.05, 4.69) is 26.0 Å². The lowest BCUT2D eigenvalue weighted by Gasteiger charge is -2.27. The van der Waals surface area contributed by atoms with E-state index in [0.717, 1.165) is 17.0 Å². The fraction of sp³-hybridized carbons (Fsp3) is 0.200. The van der Waals surface area contributed by atoms with Crippen molar-refractivity contribution < 1.29 is 18.7 Å². The topological polar surface area (TPSA) is 128 Å². The van der Waals surface area contributed by atoms with Crippen LogP contribution in [0.3, 0.4) is 0 Å². The molecule has 0 aliphatic carbocycles. The van der Waals surface area contributed by atoms with Crippen molar-refractivity contribution in [1.29, 1.82) is 5.26 Å². The molecular weight excluding hydrogens is 468 g/mol. The van der Waals surface area contributed by atoms with Crippen LogP contribution in [-0.4, -0.2) is 32.0 Å². The number of anilines is 3. The number of nitrogens with one attached hydrogen (secondary N) is 3. The molecule has 4 aromatic rings. The van der Waals surface area contributed by atoms with Crippen molar-refractivity contribution in [3.8, 4) is 6.07 Å². The lowest BCUT2D eigenvalue weighted by molar-refractivity contribution is 0.189. The van der Waals surface area contributed by atoms with E-state index >= 15 is 4.39 Å². The Bertz CT molecular complexity index is 1460. The molecule has 0 aliphatic heterocycles. The Kier molecular flexibility index (Phi) is 6.96. The van der Waals surface area contributed by atoms with Crippen LogP contribution in [0, 0.1) is 23.0 Å². The van der Waals surface area contributed by atoms with E-state index in [1.54, 1.807) is 18.3 Å². The Morgan fingerprint density at radius 3 is 2.64 bits per heavy atom. The van der Waals surface area contributed by atoms with Gasteiger partial charge in [0.2, 0.25) is 0 Å². The minimum atomic E-state index is -1.32. The molecule has 0 spiro atoms. The molecule has 0 saturated heterocycles. The second-order valence-electron chi connectivity index (χ2n) is 8.03. The smallest absolute Gasteiger partial charge is 0.404 e. The first-order valence-corrected chi connectivity index (χ1v) is 11.1. The molecule has 0 bridgehead atoms. The number of carboxylic acid groups (broad SMARTS) is 1. The van der Waals surface area contributed by atoms with E-state index in [0.29, 0.717) is 12.2 Å². The van der Waals surface area contributed by atoms with Crippen LogP contribution in [0.25, 0.3) is 10.9 Å². The molecule has 0 aliphatic rings. The number of aromatic nitrogens is 3. The molecule has 4 rings (SSSR count). The molecule has 2 heterocycles. The number of carbonyl (C=O) groups is 1. The number of hydrogen-bond donors (Lipinski definition) is 4. The normalized spacial score (nSPS) is 12.5. The van der Waals surface area contributed by atoms with E-state index in [4.69, 9.17) is 0 Å². The zero-order valence-electron chi connectivity index (χ0n) is 19.5. The second kappa shape index (κ2) is 10.3. The second-order valence-corrected chi connectivity index (χ2v) is 8.03. The Balaban J connectivity index is 1.74. The summed E-state index contributed by atoms with van der Waals surface area (Å²) in [6.45, 7) is 4.15. The van der Waals surface area contributed by atoms with Crippen molar-refractivity contribution in [2.45, 2.75) is 32.5 Å². The van der Waals surface area contributed by atoms with Gasteiger partial charge in [-0.3, -0.25) is 4.68 Å². The van der Waals surface area contributed by atoms with Crippen LogP contribution in [-0.2, 0) is 6.54 Å². The summed E-state index contributed by atoms with van der Waals surface area (Å²) in [7, 11) is 0. The molecule has 2 aromatic carbocycles. The maximum absolute atomic E-state index is 15.0. The first-order valence-electron chi connectivity index (χ1n) is 11.1. The number of benzene rings is 2. The van der Waals surface area contributed by atoms with E-state index in [1.165, 1.54) is 25.1 Å². The number of rotatable bonds is 8. The Labute approximate surface area is 205 Å². The Morgan fingerprint density at radius 2 is 1.94 bits per heavy atom. The summed E-state index contributed by atoms with van der Waals surface area (Å²) in [4.78, 5) is 15.5. The lowest BCUT2D eigenvalue weighted by atomic mass is 9.99. The molecule has 2 aromatic heterocycles. The van der Waals surface area contributed by atoms with Crippen LogP contribution >= 0.6 is 0 Å². The Morgan fingerprint density at radius 1 is 1.17 bits per heavy atom.